The molecule has 3 nitrogen and oxygen atoms in total. The Morgan fingerprint density at radius 2 is 1.73 bits per heavy atom. The molecule has 0 aromatic heterocycles. The smallest absolute Gasteiger partial charge is 0.383 e. The third-order valence-electron chi connectivity index (χ3n) is 1.60. The fourth-order valence-electron chi connectivity index (χ4n) is 0.691. The van der Waals surface area contributed by atoms with Crippen molar-refractivity contribution in [1.29, 1.82) is 0 Å². The molecule has 0 aromatic rings. The second-order valence-electron chi connectivity index (χ2n) is 2.79. The number of methoxy groups -OCH3 is 1. The van der Waals surface area contributed by atoms with Gasteiger partial charge in [0.1, 0.15) is 0 Å². The number of hydrogen-bond acceptors (Lipinski definition) is 2. The van der Waals surface area contributed by atoms with E-state index in [4.69, 9.17) is 0 Å². The van der Waals surface area contributed by atoms with Gasteiger partial charge in [0, 0.05) is 20.7 Å². The SMILES string of the molecule is COCCN(C)C(=O)C(F)(F)C(F)(F)F. The Hall–Kier alpha value is -0.920. The molecule has 1 amide bonds. The lowest BCUT2D eigenvalue weighted by molar-refractivity contribution is -0.274. The molecular weight excluding hydrogens is 225 g/mol. The molecule has 0 spiro atoms. The Balaban J connectivity index is 4.56. The number of hydrogen-bond donors (Lipinski definition) is 0. The maximum Gasteiger partial charge on any atom is 0.463 e. The van der Waals surface area contributed by atoms with Crippen molar-refractivity contribution in [3.63, 3.8) is 0 Å². The third kappa shape index (κ3) is 3.29. The molecule has 0 radical (unpaired) electrons. The lowest BCUT2D eigenvalue weighted by atomic mass is 10.3. The van der Waals surface area contributed by atoms with Gasteiger partial charge in [0.25, 0.3) is 0 Å². The van der Waals surface area contributed by atoms with Crippen molar-refractivity contribution >= 4 is 5.91 Å². The zero-order chi connectivity index (χ0) is 12.3. The Bertz CT molecular complexity index is 228. The van der Waals surface area contributed by atoms with E-state index >= 15 is 0 Å². The molecule has 0 aliphatic carbocycles. The van der Waals surface area contributed by atoms with Crippen LogP contribution < -0.4 is 0 Å². The van der Waals surface area contributed by atoms with Gasteiger partial charge in [-0.05, 0) is 0 Å². The maximum absolute atomic E-state index is 12.4. The van der Waals surface area contributed by atoms with Crippen molar-refractivity contribution in [2.75, 3.05) is 27.3 Å². The average Bonchev–Trinajstić information content (AvgIpc) is 2.10. The summed E-state index contributed by atoms with van der Waals surface area (Å²) in [5.74, 6) is -7.64. The predicted molar refractivity (Wildman–Crippen MR) is 40.5 cm³/mol. The minimum Gasteiger partial charge on any atom is -0.383 e. The summed E-state index contributed by atoms with van der Waals surface area (Å²) in [6.45, 7) is -0.447. The van der Waals surface area contributed by atoms with Gasteiger partial charge in [-0.2, -0.15) is 22.0 Å². The standard InChI is InChI=1S/C7H10F5NO2/c1-13(3-4-15-2)5(14)6(8,9)7(10,11)12/h3-4H2,1-2H3. The van der Waals surface area contributed by atoms with E-state index in [-0.39, 0.29) is 18.1 Å². The summed E-state index contributed by atoms with van der Waals surface area (Å²) in [5, 5.41) is 0. The van der Waals surface area contributed by atoms with E-state index in [2.05, 4.69) is 4.74 Å². The Morgan fingerprint density at radius 1 is 1.27 bits per heavy atom. The van der Waals surface area contributed by atoms with Crippen molar-refractivity contribution in [3.8, 4) is 0 Å². The third-order valence-corrected chi connectivity index (χ3v) is 1.60. The van der Waals surface area contributed by atoms with Crippen molar-refractivity contribution in [1.82, 2.24) is 4.90 Å². The Morgan fingerprint density at radius 3 is 2.07 bits per heavy atom. The van der Waals surface area contributed by atoms with Crippen LogP contribution in [0.1, 0.15) is 0 Å². The molecule has 90 valence electrons. The molecule has 0 atom stereocenters. The molecule has 0 unspecified atom stereocenters. The molecule has 0 aromatic carbocycles. The normalized spacial score (nSPS) is 12.7. The van der Waals surface area contributed by atoms with E-state index in [9.17, 15) is 26.7 Å². The van der Waals surface area contributed by atoms with Crippen LogP contribution in [0.25, 0.3) is 0 Å². The second kappa shape index (κ2) is 4.73. The fourth-order valence-corrected chi connectivity index (χ4v) is 0.691. The number of alkyl halides is 5. The summed E-state index contributed by atoms with van der Waals surface area (Å²) in [6.07, 6.45) is -5.87. The van der Waals surface area contributed by atoms with E-state index < -0.39 is 18.0 Å². The lowest BCUT2D eigenvalue weighted by Crippen LogP contribution is -2.51. The number of likely N-dealkylation sites (N-methyl/N-ethyl adjacent to an activating group) is 1. The molecule has 0 saturated carbocycles. The Kier molecular flexibility index (Phi) is 4.44. The molecule has 0 N–H and O–H groups in total. The van der Waals surface area contributed by atoms with E-state index in [0.29, 0.717) is 0 Å². The quantitative estimate of drug-likeness (QED) is 0.687. The fraction of sp³-hybridized carbons (Fsp3) is 0.857. The van der Waals surface area contributed by atoms with Crippen LogP contribution in [0.15, 0.2) is 0 Å². The first-order valence-corrected chi connectivity index (χ1v) is 3.83. The van der Waals surface area contributed by atoms with Gasteiger partial charge in [-0.3, -0.25) is 4.79 Å². The summed E-state index contributed by atoms with van der Waals surface area (Å²) >= 11 is 0. The van der Waals surface area contributed by atoms with Crippen LogP contribution in [0.5, 0.6) is 0 Å². The number of amides is 1. The summed E-state index contributed by atoms with van der Waals surface area (Å²) in [6, 6.07) is 0. The van der Waals surface area contributed by atoms with Crippen molar-refractivity contribution < 1.29 is 31.5 Å². The summed E-state index contributed by atoms with van der Waals surface area (Å²) in [5.41, 5.74) is 0. The van der Waals surface area contributed by atoms with Gasteiger partial charge in [0.2, 0.25) is 0 Å². The molecule has 0 saturated heterocycles. The number of carbonyl (C=O) groups is 1. The van der Waals surface area contributed by atoms with Crippen LogP contribution in [0.4, 0.5) is 22.0 Å². The first-order chi connectivity index (χ1) is 6.64. The Labute approximate surface area is 82.8 Å². The minimum atomic E-state index is -5.87. The first kappa shape index (κ1) is 14.1. The molecule has 0 aliphatic heterocycles. The molecular formula is C7H10F5NO2. The van der Waals surface area contributed by atoms with E-state index in [1.54, 1.807) is 0 Å². The van der Waals surface area contributed by atoms with Crippen molar-refractivity contribution in [2.24, 2.45) is 0 Å². The molecule has 15 heavy (non-hydrogen) atoms. The number of ether oxygens (including phenoxy) is 1. The highest BCUT2D eigenvalue weighted by atomic mass is 19.4. The molecule has 0 heterocycles. The summed E-state index contributed by atoms with van der Waals surface area (Å²) in [7, 11) is 2.08. The topological polar surface area (TPSA) is 29.5 Å². The largest absolute Gasteiger partial charge is 0.463 e. The van der Waals surface area contributed by atoms with Gasteiger partial charge < -0.3 is 9.64 Å². The second-order valence-corrected chi connectivity index (χ2v) is 2.79. The van der Waals surface area contributed by atoms with Crippen molar-refractivity contribution in [2.45, 2.75) is 12.1 Å². The van der Waals surface area contributed by atoms with Crippen LogP contribution in [0, 0.1) is 0 Å². The van der Waals surface area contributed by atoms with Gasteiger partial charge >= 0.3 is 18.0 Å². The van der Waals surface area contributed by atoms with Gasteiger partial charge in [0.05, 0.1) is 6.61 Å². The van der Waals surface area contributed by atoms with E-state index in [0.717, 1.165) is 7.05 Å². The van der Waals surface area contributed by atoms with Crippen LogP contribution in [-0.2, 0) is 9.53 Å². The molecule has 0 fully saturated rings. The van der Waals surface area contributed by atoms with Crippen LogP contribution >= 0.6 is 0 Å². The van der Waals surface area contributed by atoms with E-state index in [1.165, 1.54) is 7.11 Å². The van der Waals surface area contributed by atoms with Crippen molar-refractivity contribution in [3.05, 3.63) is 0 Å². The molecule has 0 aliphatic rings. The maximum atomic E-state index is 12.4. The molecule has 0 bridgehead atoms. The van der Waals surface area contributed by atoms with Gasteiger partial charge in [0.15, 0.2) is 0 Å². The zero-order valence-electron chi connectivity index (χ0n) is 8.07. The molecule has 8 heteroatoms. The summed E-state index contributed by atoms with van der Waals surface area (Å²) < 4.78 is 64.5. The average molecular weight is 235 g/mol. The predicted octanol–water partition coefficient (Wildman–Crippen LogP) is 1.29. The number of rotatable bonds is 4. The van der Waals surface area contributed by atoms with Crippen LogP contribution in [0.2, 0.25) is 0 Å². The summed E-state index contributed by atoms with van der Waals surface area (Å²) in [4.78, 5) is 11.0. The number of carbonyl (C=O) groups excluding carboxylic acids is 1. The monoisotopic (exact) mass is 235 g/mol. The highest BCUT2D eigenvalue weighted by Gasteiger charge is 2.64. The van der Waals surface area contributed by atoms with Crippen LogP contribution in [0.3, 0.4) is 0 Å². The van der Waals surface area contributed by atoms with Gasteiger partial charge in [-0.15, -0.1) is 0 Å². The number of nitrogens with zero attached hydrogens (tertiary/aromatic N) is 1. The minimum absolute atomic E-state index is 0.115. The van der Waals surface area contributed by atoms with Crippen LogP contribution in [-0.4, -0.2) is 50.2 Å². The zero-order valence-corrected chi connectivity index (χ0v) is 8.07. The van der Waals surface area contributed by atoms with Gasteiger partial charge in [-0.25, -0.2) is 0 Å². The highest BCUT2D eigenvalue weighted by Crippen LogP contribution is 2.36. The molecule has 0 rings (SSSR count). The van der Waals surface area contributed by atoms with E-state index in [1.807, 2.05) is 0 Å². The number of halogens is 5. The lowest BCUT2D eigenvalue weighted by Gasteiger charge is -2.24. The highest BCUT2D eigenvalue weighted by molar-refractivity contribution is 5.84. The van der Waals surface area contributed by atoms with Gasteiger partial charge in [-0.1, -0.05) is 0 Å². The first-order valence-electron chi connectivity index (χ1n) is 3.83.